The summed E-state index contributed by atoms with van der Waals surface area (Å²) in [5.41, 5.74) is 3.76. The maximum absolute atomic E-state index is 13.9. The largest absolute Gasteiger partial charge is 0.495 e. The van der Waals surface area contributed by atoms with Crippen LogP contribution in [-0.4, -0.2) is 69.4 Å². The van der Waals surface area contributed by atoms with Crippen LogP contribution in [-0.2, 0) is 11.2 Å². The van der Waals surface area contributed by atoms with Crippen LogP contribution in [0.25, 0.3) is 10.2 Å². The number of hydrogen-bond donors (Lipinski definition) is 0. The predicted octanol–water partition coefficient (Wildman–Crippen LogP) is 5.70. The molecule has 4 aromatic rings. The Morgan fingerprint density at radius 3 is 2.31 bits per heavy atom. The van der Waals surface area contributed by atoms with Gasteiger partial charge in [0.1, 0.15) is 21.7 Å². The van der Waals surface area contributed by atoms with Gasteiger partial charge in [-0.1, -0.05) is 53.8 Å². The van der Waals surface area contributed by atoms with Gasteiger partial charge in [0.2, 0.25) is 0 Å². The van der Waals surface area contributed by atoms with Gasteiger partial charge in [0.15, 0.2) is 5.13 Å². The molecule has 3 aromatic carbocycles. The van der Waals surface area contributed by atoms with Crippen LogP contribution in [0.5, 0.6) is 11.5 Å². The number of ether oxygens (including phenoxy) is 3. The summed E-state index contributed by atoms with van der Waals surface area (Å²) in [7, 11) is 3.27. The summed E-state index contributed by atoms with van der Waals surface area (Å²) in [6.07, 6.45) is 1.66. The number of methoxy groups -OCH3 is 2. The van der Waals surface area contributed by atoms with Gasteiger partial charge in [-0.25, -0.2) is 4.98 Å². The Bertz CT molecular complexity index is 1320. The second kappa shape index (κ2) is 13.8. The molecule has 0 aliphatic carbocycles. The van der Waals surface area contributed by atoms with E-state index in [0.29, 0.717) is 28.5 Å². The third kappa shape index (κ3) is 6.89. The molecule has 206 valence electrons. The monoisotopic (exact) mass is 567 g/mol. The number of nitrogens with zero attached hydrogens (tertiary/aromatic N) is 3. The summed E-state index contributed by atoms with van der Waals surface area (Å²) in [4.78, 5) is 22.9. The highest BCUT2D eigenvalue weighted by molar-refractivity contribution is 7.22. The molecule has 1 saturated heterocycles. The van der Waals surface area contributed by atoms with Crippen molar-refractivity contribution in [2.45, 2.75) is 12.8 Å². The molecule has 7 nitrogen and oxygen atoms in total. The number of benzene rings is 3. The maximum Gasteiger partial charge on any atom is 0.260 e. The number of morpholine rings is 1. The average molecular weight is 568 g/mol. The van der Waals surface area contributed by atoms with E-state index in [4.69, 9.17) is 19.2 Å². The average Bonchev–Trinajstić information content (AvgIpc) is 3.41. The summed E-state index contributed by atoms with van der Waals surface area (Å²) in [6, 6.07) is 22.0. The van der Waals surface area contributed by atoms with Gasteiger partial charge in [0.05, 0.1) is 27.4 Å². The molecule has 2 heterocycles. The minimum Gasteiger partial charge on any atom is -0.495 e. The molecule has 9 heteroatoms. The van der Waals surface area contributed by atoms with Gasteiger partial charge in [0.25, 0.3) is 5.91 Å². The van der Waals surface area contributed by atoms with E-state index in [1.807, 2.05) is 54.6 Å². The van der Waals surface area contributed by atoms with Crippen molar-refractivity contribution in [3.8, 4) is 11.5 Å². The Labute approximate surface area is 239 Å². The first kappa shape index (κ1) is 28.8. The zero-order valence-corrected chi connectivity index (χ0v) is 23.9. The van der Waals surface area contributed by atoms with E-state index < -0.39 is 0 Å². The van der Waals surface area contributed by atoms with Gasteiger partial charge in [-0.3, -0.25) is 14.6 Å². The molecule has 0 saturated carbocycles. The Morgan fingerprint density at radius 2 is 1.62 bits per heavy atom. The molecule has 1 aliphatic rings. The number of amides is 1. The van der Waals surface area contributed by atoms with Crippen LogP contribution in [0.4, 0.5) is 5.13 Å². The van der Waals surface area contributed by atoms with Crippen molar-refractivity contribution in [2.24, 2.45) is 0 Å². The third-order valence-electron chi connectivity index (χ3n) is 6.79. The molecule has 0 radical (unpaired) electrons. The Kier molecular flexibility index (Phi) is 10.2. The van der Waals surface area contributed by atoms with Crippen molar-refractivity contribution < 1.29 is 19.0 Å². The van der Waals surface area contributed by atoms with Crippen molar-refractivity contribution in [3.63, 3.8) is 0 Å². The molecule has 0 N–H and O–H groups in total. The Balaban J connectivity index is 0.00000353. The molecule has 1 fully saturated rings. The number of hydrogen-bond acceptors (Lipinski definition) is 7. The topological polar surface area (TPSA) is 64.1 Å². The SMILES string of the molecule is COc1ccc(OC)c2sc(N(CCCN3CCOCC3)C(=O)c3ccc(Cc4ccccc4)cc3)nc12.Cl. The first-order chi connectivity index (χ1) is 18.7. The number of carbonyl (C=O) groups is 1. The van der Waals surface area contributed by atoms with Gasteiger partial charge >= 0.3 is 0 Å². The van der Waals surface area contributed by atoms with E-state index in [1.54, 1.807) is 19.1 Å². The highest BCUT2D eigenvalue weighted by Gasteiger charge is 2.24. The van der Waals surface area contributed by atoms with Crippen molar-refractivity contribution >= 4 is 45.0 Å². The minimum atomic E-state index is -0.0600. The first-order valence-corrected chi connectivity index (χ1v) is 13.7. The zero-order chi connectivity index (χ0) is 26.3. The Morgan fingerprint density at radius 1 is 0.949 bits per heavy atom. The molecule has 1 aliphatic heterocycles. The molecule has 0 spiro atoms. The zero-order valence-electron chi connectivity index (χ0n) is 22.3. The number of halogens is 1. The van der Waals surface area contributed by atoms with E-state index in [0.717, 1.165) is 56.1 Å². The van der Waals surface area contributed by atoms with E-state index in [-0.39, 0.29) is 18.3 Å². The van der Waals surface area contributed by atoms with Crippen molar-refractivity contribution in [1.82, 2.24) is 9.88 Å². The van der Waals surface area contributed by atoms with Crippen molar-refractivity contribution in [3.05, 3.63) is 83.4 Å². The third-order valence-corrected chi connectivity index (χ3v) is 7.88. The van der Waals surface area contributed by atoms with E-state index in [2.05, 4.69) is 17.0 Å². The lowest BCUT2D eigenvalue weighted by molar-refractivity contribution is 0.0376. The Hall–Kier alpha value is -3.17. The van der Waals surface area contributed by atoms with Crippen LogP contribution in [0.15, 0.2) is 66.7 Å². The first-order valence-electron chi connectivity index (χ1n) is 12.9. The highest BCUT2D eigenvalue weighted by Crippen LogP contribution is 2.40. The van der Waals surface area contributed by atoms with E-state index in [1.165, 1.54) is 22.5 Å². The lowest BCUT2D eigenvalue weighted by Gasteiger charge is -2.27. The van der Waals surface area contributed by atoms with E-state index >= 15 is 0 Å². The number of carbonyl (C=O) groups excluding carboxylic acids is 1. The maximum atomic E-state index is 13.9. The molecule has 0 unspecified atom stereocenters. The standard InChI is InChI=1S/C30H33N3O4S.ClH/c1-35-25-13-14-26(36-2)28-27(25)31-30(38-28)33(16-6-15-32-17-19-37-20-18-32)29(34)24-11-9-23(10-12-24)21-22-7-4-3-5-8-22;/h3-5,7-14H,6,15-21H2,1-2H3;1H. The van der Waals surface area contributed by atoms with Crippen LogP contribution < -0.4 is 14.4 Å². The minimum absolute atomic E-state index is 0. The van der Waals surface area contributed by atoms with Crippen LogP contribution in [0.1, 0.15) is 27.9 Å². The molecular formula is C30H34ClN3O4S. The predicted molar refractivity (Wildman–Crippen MR) is 159 cm³/mol. The van der Waals surface area contributed by atoms with Crippen molar-refractivity contribution in [1.29, 1.82) is 0 Å². The van der Waals surface area contributed by atoms with Crippen LogP contribution in [0, 0.1) is 0 Å². The second-order valence-corrected chi connectivity index (χ2v) is 10.2. The van der Waals surface area contributed by atoms with Gasteiger partial charge in [-0.15, -0.1) is 12.4 Å². The van der Waals surface area contributed by atoms with Gasteiger partial charge in [0, 0.05) is 31.7 Å². The van der Waals surface area contributed by atoms with Gasteiger partial charge in [-0.2, -0.15) is 0 Å². The fourth-order valence-corrected chi connectivity index (χ4v) is 5.80. The second-order valence-electron chi connectivity index (χ2n) is 9.27. The molecule has 5 rings (SSSR count). The number of anilines is 1. The summed E-state index contributed by atoms with van der Waals surface area (Å²) in [6.45, 7) is 4.83. The molecular weight excluding hydrogens is 534 g/mol. The molecule has 0 atom stereocenters. The molecule has 1 aromatic heterocycles. The van der Waals surface area contributed by atoms with Gasteiger partial charge in [-0.05, 0) is 48.2 Å². The quantitative estimate of drug-likeness (QED) is 0.245. The molecule has 0 bridgehead atoms. The summed E-state index contributed by atoms with van der Waals surface area (Å²) in [5.74, 6) is 1.32. The lowest BCUT2D eigenvalue weighted by Crippen LogP contribution is -2.39. The molecule has 1 amide bonds. The smallest absolute Gasteiger partial charge is 0.260 e. The number of aromatic nitrogens is 1. The summed E-state index contributed by atoms with van der Waals surface area (Å²) >= 11 is 1.46. The summed E-state index contributed by atoms with van der Waals surface area (Å²) < 4.78 is 17.5. The molecule has 39 heavy (non-hydrogen) atoms. The summed E-state index contributed by atoms with van der Waals surface area (Å²) in [5, 5.41) is 0.642. The van der Waals surface area contributed by atoms with Gasteiger partial charge < -0.3 is 14.2 Å². The fourth-order valence-electron chi connectivity index (χ4n) is 4.70. The van der Waals surface area contributed by atoms with Crippen LogP contribution in [0.2, 0.25) is 0 Å². The highest BCUT2D eigenvalue weighted by atomic mass is 35.5. The lowest BCUT2D eigenvalue weighted by atomic mass is 10.0. The number of thiazole rings is 1. The van der Waals surface area contributed by atoms with Crippen LogP contribution in [0.3, 0.4) is 0 Å². The van der Waals surface area contributed by atoms with Crippen LogP contribution >= 0.6 is 23.7 Å². The number of fused-ring (bicyclic) bond motifs is 1. The van der Waals surface area contributed by atoms with Crippen molar-refractivity contribution in [2.75, 3.05) is 58.5 Å². The van der Waals surface area contributed by atoms with E-state index in [9.17, 15) is 4.79 Å². The normalized spacial score (nSPS) is 13.6. The number of rotatable bonds is 10. The fraction of sp³-hybridized carbons (Fsp3) is 0.333.